The van der Waals surface area contributed by atoms with Crippen molar-refractivity contribution in [2.24, 2.45) is 0 Å². The maximum absolute atomic E-state index is 12.5. The number of rotatable bonds is 3. The molecule has 3 aromatic rings. The van der Waals surface area contributed by atoms with E-state index in [4.69, 9.17) is 0 Å². The molecule has 8 heteroatoms. The molecule has 0 atom stereocenters. The van der Waals surface area contributed by atoms with Crippen LogP contribution in [0.2, 0.25) is 0 Å². The van der Waals surface area contributed by atoms with Crippen molar-refractivity contribution in [3.63, 3.8) is 0 Å². The Morgan fingerprint density at radius 3 is 2.36 bits per heavy atom. The molecule has 1 aromatic carbocycles. The minimum Gasteiger partial charge on any atom is -0.330 e. The smallest absolute Gasteiger partial charge is 0.330 e. The highest BCUT2D eigenvalue weighted by atomic mass is 32.1. The summed E-state index contributed by atoms with van der Waals surface area (Å²) < 4.78 is 41.8. The van der Waals surface area contributed by atoms with Crippen LogP contribution in [0.1, 0.15) is 10.4 Å². The number of hydrogen-bond donors (Lipinski definition) is 1. The Hall–Kier alpha value is -1.93. The zero-order valence-corrected chi connectivity index (χ0v) is 12.9. The largest absolute Gasteiger partial charge is 0.416 e. The van der Waals surface area contributed by atoms with Crippen LogP contribution in [0.4, 0.5) is 24.0 Å². The predicted octanol–water partition coefficient (Wildman–Crippen LogP) is 5.34. The number of anilines is 2. The second kappa shape index (κ2) is 5.69. The summed E-state index contributed by atoms with van der Waals surface area (Å²) in [4.78, 5) is 6.48. The van der Waals surface area contributed by atoms with E-state index in [1.54, 1.807) is 11.3 Å². The Balaban J connectivity index is 1.75. The Bertz CT molecular complexity index is 775. The van der Waals surface area contributed by atoms with Crippen molar-refractivity contribution in [2.75, 3.05) is 5.32 Å². The Morgan fingerprint density at radius 1 is 1.05 bits per heavy atom. The molecule has 2 aromatic heterocycles. The second-order valence-corrected chi connectivity index (χ2v) is 6.57. The summed E-state index contributed by atoms with van der Waals surface area (Å²) in [6, 6.07) is 8.76. The summed E-state index contributed by atoms with van der Waals surface area (Å²) in [6.07, 6.45) is -4.33. The van der Waals surface area contributed by atoms with E-state index < -0.39 is 11.7 Å². The molecule has 0 amide bonds. The first-order chi connectivity index (χ1) is 10.4. The molecule has 0 aliphatic heterocycles. The van der Waals surface area contributed by atoms with Gasteiger partial charge in [-0.05, 0) is 43.3 Å². The summed E-state index contributed by atoms with van der Waals surface area (Å²) >= 11 is 2.76. The fourth-order valence-electron chi connectivity index (χ4n) is 1.80. The van der Waals surface area contributed by atoms with Crippen LogP contribution in [0.5, 0.6) is 0 Å². The van der Waals surface area contributed by atoms with Crippen LogP contribution in [0.25, 0.3) is 10.7 Å². The van der Waals surface area contributed by atoms with Crippen molar-refractivity contribution in [2.45, 2.75) is 13.1 Å². The number of nitrogens with zero attached hydrogens (tertiary/aromatic N) is 2. The third kappa shape index (κ3) is 3.28. The topological polar surface area (TPSA) is 37.8 Å². The number of hydrogen-bond acceptors (Lipinski definition) is 5. The van der Waals surface area contributed by atoms with Crippen LogP contribution in [0, 0.1) is 6.92 Å². The molecule has 114 valence electrons. The van der Waals surface area contributed by atoms with Crippen LogP contribution >= 0.6 is 22.9 Å². The number of benzene rings is 1. The molecule has 3 nitrogen and oxygen atoms in total. The summed E-state index contributed by atoms with van der Waals surface area (Å²) in [5.74, 6) is 0.623. The SMILES string of the molecule is Cc1ccc(-c2nsc(Nc3ccc(C(F)(F)F)cc3)n2)s1. The Kier molecular flexibility index (Phi) is 3.88. The molecule has 0 radical (unpaired) electrons. The third-order valence-electron chi connectivity index (χ3n) is 2.85. The number of aromatic nitrogens is 2. The molecule has 22 heavy (non-hydrogen) atoms. The first-order valence-corrected chi connectivity index (χ1v) is 7.85. The van der Waals surface area contributed by atoms with Crippen molar-refractivity contribution in [3.8, 4) is 10.7 Å². The van der Waals surface area contributed by atoms with Crippen molar-refractivity contribution in [3.05, 3.63) is 46.8 Å². The van der Waals surface area contributed by atoms with E-state index in [9.17, 15) is 13.2 Å². The van der Waals surface area contributed by atoms with E-state index in [1.165, 1.54) is 28.5 Å². The number of thiophene rings is 1. The fraction of sp³-hybridized carbons (Fsp3) is 0.143. The first kappa shape index (κ1) is 15.0. The summed E-state index contributed by atoms with van der Waals surface area (Å²) in [7, 11) is 0. The molecule has 0 saturated carbocycles. The first-order valence-electron chi connectivity index (χ1n) is 6.26. The van der Waals surface area contributed by atoms with Crippen molar-refractivity contribution < 1.29 is 13.2 Å². The van der Waals surface area contributed by atoms with Gasteiger partial charge >= 0.3 is 6.18 Å². The maximum Gasteiger partial charge on any atom is 0.416 e. The van der Waals surface area contributed by atoms with Gasteiger partial charge < -0.3 is 5.32 Å². The normalized spacial score (nSPS) is 11.6. The second-order valence-electron chi connectivity index (χ2n) is 4.53. The van der Waals surface area contributed by atoms with Crippen LogP contribution in [0.15, 0.2) is 36.4 Å². The van der Waals surface area contributed by atoms with Gasteiger partial charge in [0.1, 0.15) is 0 Å². The highest BCUT2D eigenvalue weighted by Crippen LogP contribution is 2.31. The minimum absolute atomic E-state index is 0.540. The van der Waals surface area contributed by atoms with Crippen molar-refractivity contribution in [1.82, 2.24) is 9.36 Å². The number of halogens is 3. The molecule has 0 bridgehead atoms. The number of nitrogens with one attached hydrogen (secondary N) is 1. The molecule has 3 rings (SSSR count). The van der Waals surface area contributed by atoms with Gasteiger partial charge in [0.2, 0.25) is 5.13 Å². The van der Waals surface area contributed by atoms with Gasteiger partial charge in [-0.1, -0.05) is 0 Å². The zero-order valence-electron chi connectivity index (χ0n) is 11.3. The van der Waals surface area contributed by atoms with Gasteiger partial charge in [-0.2, -0.15) is 22.5 Å². The Labute approximate surface area is 132 Å². The highest BCUT2D eigenvalue weighted by molar-refractivity contribution is 7.15. The van der Waals surface area contributed by atoms with Crippen LogP contribution in [-0.2, 0) is 6.18 Å². The molecular formula is C14H10F3N3S2. The van der Waals surface area contributed by atoms with E-state index in [0.717, 1.165) is 17.0 Å². The van der Waals surface area contributed by atoms with Gasteiger partial charge in [0, 0.05) is 22.1 Å². The lowest BCUT2D eigenvalue weighted by atomic mass is 10.2. The molecule has 0 unspecified atom stereocenters. The van der Waals surface area contributed by atoms with Gasteiger partial charge in [0.25, 0.3) is 0 Å². The lowest BCUT2D eigenvalue weighted by molar-refractivity contribution is -0.137. The van der Waals surface area contributed by atoms with Crippen molar-refractivity contribution >= 4 is 33.7 Å². The molecule has 1 N–H and O–H groups in total. The maximum atomic E-state index is 12.5. The summed E-state index contributed by atoms with van der Waals surface area (Å²) in [6.45, 7) is 2.00. The average molecular weight is 341 g/mol. The van der Waals surface area contributed by atoms with Crippen molar-refractivity contribution in [1.29, 1.82) is 0 Å². The van der Waals surface area contributed by atoms with Gasteiger partial charge in [0.05, 0.1) is 10.4 Å². The molecule has 2 heterocycles. The lowest BCUT2D eigenvalue weighted by Gasteiger charge is -2.07. The summed E-state index contributed by atoms with van der Waals surface area (Å²) in [5, 5.41) is 3.50. The zero-order chi connectivity index (χ0) is 15.7. The monoisotopic (exact) mass is 341 g/mol. The van der Waals surface area contributed by atoms with E-state index in [0.29, 0.717) is 16.6 Å². The number of alkyl halides is 3. The molecular weight excluding hydrogens is 331 g/mol. The quantitative estimate of drug-likeness (QED) is 0.699. The average Bonchev–Trinajstić information content (AvgIpc) is 3.07. The molecule has 0 aliphatic rings. The molecule has 0 saturated heterocycles. The van der Waals surface area contributed by atoms with E-state index >= 15 is 0 Å². The van der Waals surface area contributed by atoms with Gasteiger partial charge in [0.15, 0.2) is 5.82 Å². The highest BCUT2D eigenvalue weighted by Gasteiger charge is 2.29. The van der Waals surface area contributed by atoms with Crippen LogP contribution in [0.3, 0.4) is 0 Å². The van der Waals surface area contributed by atoms with E-state index in [2.05, 4.69) is 14.7 Å². The molecule has 0 fully saturated rings. The van der Waals surface area contributed by atoms with Gasteiger partial charge in [-0.15, -0.1) is 11.3 Å². The Morgan fingerprint density at radius 2 is 1.77 bits per heavy atom. The van der Waals surface area contributed by atoms with Gasteiger partial charge in [-0.3, -0.25) is 0 Å². The van der Waals surface area contributed by atoms with E-state index in [-0.39, 0.29) is 0 Å². The lowest BCUT2D eigenvalue weighted by Crippen LogP contribution is -2.04. The minimum atomic E-state index is -4.33. The standard InChI is InChI=1S/C14H10F3N3S2/c1-8-2-7-11(21-8)12-19-13(22-20-12)18-10-5-3-9(4-6-10)14(15,16)17/h2-7H,1H3,(H,18,19,20). The fourth-order valence-corrected chi connectivity index (χ4v) is 3.26. The number of aryl methyl sites for hydroxylation is 1. The van der Waals surface area contributed by atoms with Gasteiger partial charge in [-0.25, -0.2) is 0 Å². The third-order valence-corrected chi connectivity index (χ3v) is 4.48. The van der Waals surface area contributed by atoms with Crippen LogP contribution in [-0.4, -0.2) is 9.36 Å². The van der Waals surface area contributed by atoms with Crippen LogP contribution < -0.4 is 5.32 Å². The molecule has 0 aliphatic carbocycles. The van der Waals surface area contributed by atoms with E-state index in [1.807, 2.05) is 19.1 Å². The summed E-state index contributed by atoms with van der Waals surface area (Å²) in [5.41, 5.74) is -0.136. The predicted molar refractivity (Wildman–Crippen MR) is 82.7 cm³/mol. The molecule has 0 spiro atoms.